The molecule has 0 aliphatic heterocycles. The molecule has 1 aromatic carbocycles. The van der Waals surface area contributed by atoms with Crippen molar-refractivity contribution in [3.8, 4) is 0 Å². The van der Waals surface area contributed by atoms with Crippen LogP contribution in [0.4, 0.5) is 5.82 Å². The van der Waals surface area contributed by atoms with Crippen LogP contribution in [0.15, 0.2) is 47.5 Å². The summed E-state index contributed by atoms with van der Waals surface area (Å²) in [5.74, 6) is 1.12. The van der Waals surface area contributed by atoms with Crippen LogP contribution in [0.5, 0.6) is 0 Å². The summed E-state index contributed by atoms with van der Waals surface area (Å²) in [5.41, 5.74) is 1.94. The molecule has 0 amide bonds. The number of thioether (sulfide) groups is 1. The number of rotatable bonds is 5. The van der Waals surface area contributed by atoms with Crippen LogP contribution in [0.1, 0.15) is 11.1 Å². The van der Waals surface area contributed by atoms with Gasteiger partial charge in [-0.25, -0.2) is 13.4 Å². The van der Waals surface area contributed by atoms with Gasteiger partial charge in [-0.15, -0.1) is 0 Å². The number of anilines is 1. The van der Waals surface area contributed by atoms with Gasteiger partial charge in [0.25, 0.3) is 10.0 Å². The van der Waals surface area contributed by atoms with Gasteiger partial charge in [0.2, 0.25) is 0 Å². The molecule has 1 N–H and O–H groups in total. The number of hydrogen-bond donors (Lipinski definition) is 1. The maximum absolute atomic E-state index is 12.3. The molecule has 1 heterocycles. The Labute approximate surface area is 123 Å². The second-order valence-corrected chi connectivity index (χ2v) is 6.95. The summed E-state index contributed by atoms with van der Waals surface area (Å²) >= 11 is 1.65. The summed E-state index contributed by atoms with van der Waals surface area (Å²) in [5, 5.41) is 0. The lowest BCUT2D eigenvalue weighted by Gasteiger charge is -2.09. The van der Waals surface area contributed by atoms with E-state index in [0.717, 1.165) is 16.9 Å². The number of nitrogens with one attached hydrogen (secondary N) is 1. The molecule has 6 heteroatoms. The van der Waals surface area contributed by atoms with Gasteiger partial charge < -0.3 is 0 Å². The second kappa shape index (κ2) is 6.28. The number of pyridine rings is 1. The molecule has 0 atom stereocenters. The van der Waals surface area contributed by atoms with Gasteiger partial charge in [0.15, 0.2) is 0 Å². The van der Waals surface area contributed by atoms with E-state index < -0.39 is 10.0 Å². The Kier molecular flexibility index (Phi) is 4.67. The fraction of sp³-hybridized carbons (Fsp3) is 0.214. The molecule has 0 saturated carbocycles. The lowest BCUT2D eigenvalue weighted by molar-refractivity contribution is 0.601. The van der Waals surface area contributed by atoms with Crippen molar-refractivity contribution in [1.82, 2.24) is 4.98 Å². The van der Waals surface area contributed by atoms with Crippen molar-refractivity contribution in [3.63, 3.8) is 0 Å². The Morgan fingerprint density at radius 1 is 1.25 bits per heavy atom. The van der Waals surface area contributed by atoms with Crippen molar-refractivity contribution in [3.05, 3.63) is 53.7 Å². The largest absolute Gasteiger partial charge is 0.263 e. The number of aryl methyl sites for hydroxylation is 1. The average molecular weight is 308 g/mol. The maximum atomic E-state index is 12.3. The van der Waals surface area contributed by atoms with E-state index in [2.05, 4.69) is 9.71 Å². The van der Waals surface area contributed by atoms with Crippen molar-refractivity contribution in [2.75, 3.05) is 11.0 Å². The number of aromatic nitrogens is 1. The maximum Gasteiger partial charge on any atom is 0.263 e. The fourth-order valence-electron chi connectivity index (χ4n) is 1.76. The highest BCUT2D eigenvalue weighted by atomic mass is 32.2. The van der Waals surface area contributed by atoms with Gasteiger partial charge in [-0.2, -0.15) is 11.8 Å². The summed E-state index contributed by atoms with van der Waals surface area (Å²) < 4.78 is 27.1. The van der Waals surface area contributed by atoms with Crippen LogP contribution in [0.2, 0.25) is 0 Å². The third-order valence-electron chi connectivity index (χ3n) is 2.67. The highest BCUT2D eigenvalue weighted by molar-refractivity contribution is 7.97. The summed E-state index contributed by atoms with van der Waals surface area (Å²) in [4.78, 5) is 4.27. The minimum atomic E-state index is -3.59. The Balaban J connectivity index is 2.28. The molecular weight excluding hydrogens is 292 g/mol. The number of nitrogens with zero attached hydrogens (tertiary/aromatic N) is 1. The SMILES string of the molecule is CSCc1cccc(S(=O)(=O)Nc2cc(C)ccn2)c1. The van der Waals surface area contributed by atoms with E-state index in [1.807, 2.05) is 25.3 Å². The van der Waals surface area contributed by atoms with E-state index >= 15 is 0 Å². The lowest BCUT2D eigenvalue weighted by atomic mass is 10.2. The van der Waals surface area contributed by atoms with E-state index in [0.29, 0.717) is 5.82 Å². The number of sulfonamides is 1. The van der Waals surface area contributed by atoms with Gasteiger partial charge in [0.1, 0.15) is 5.82 Å². The van der Waals surface area contributed by atoms with E-state index in [1.165, 1.54) is 0 Å². The van der Waals surface area contributed by atoms with Crippen molar-refractivity contribution >= 4 is 27.6 Å². The van der Waals surface area contributed by atoms with Gasteiger partial charge in [-0.1, -0.05) is 12.1 Å². The zero-order chi connectivity index (χ0) is 14.6. The van der Waals surface area contributed by atoms with Crippen molar-refractivity contribution in [2.45, 2.75) is 17.6 Å². The molecule has 0 unspecified atom stereocenters. The van der Waals surface area contributed by atoms with Crippen molar-refractivity contribution < 1.29 is 8.42 Å². The molecule has 0 radical (unpaired) electrons. The van der Waals surface area contributed by atoms with Gasteiger partial charge >= 0.3 is 0 Å². The van der Waals surface area contributed by atoms with E-state index in [9.17, 15) is 8.42 Å². The lowest BCUT2D eigenvalue weighted by Crippen LogP contribution is -2.14. The summed E-state index contributed by atoms with van der Waals surface area (Å²) in [7, 11) is -3.59. The van der Waals surface area contributed by atoms with Crippen molar-refractivity contribution in [1.29, 1.82) is 0 Å². The Morgan fingerprint density at radius 3 is 2.75 bits per heavy atom. The van der Waals surface area contributed by atoms with Crippen LogP contribution in [0.25, 0.3) is 0 Å². The molecule has 0 saturated heterocycles. The van der Waals surface area contributed by atoms with Crippen LogP contribution in [-0.4, -0.2) is 19.7 Å². The van der Waals surface area contributed by atoms with E-state index in [4.69, 9.17) is 0 Å². The minimum Gasteiger partial charge on any atom is -0.263 e. The van der Waals surface area contributed by atoms with Crippen LogP contribution in [0, 0.1) is 6.92 Å². The van der Waals surface area contributed by atoms with Crippen LogP contribution in [0.3, 0.4) is 0 Å². The summed E-state index contributed by atoms with van der Waals surface area (Å²) in [6.07, 6.45) is 3.56. The Bertz CT molecular complexity index is 700. The van der Waals surface area contributed by atoms with Crippen LogP contribution >= 0.6 is 11.8 Å². The molecule has 20 heavy (non-hydrogen) atoms. The first-order valence-electron chi connectivity index (χ1n) is 6.04. The monoisotopic (exact) mass is 308 g/mol. The molecule has 1 aromatic heterocycles. The van der Waals surface area contributed by atoms with Gasteiger partial charge in [0.05, 0.1) is 4.90 Å². The second-order valence-electron chi connectivity index (χ2n) is 4.40. The smallest absolute Gasteiger partial charge is 0.263 e. The molecule has 0 aliphatic rings. The summed E-state index contributed by atoms with van der Waals surface area (Å²) in [6, 6.07) is 10.5. The third-order valence-corrected chi connectivity index (χ3v) is 4.65. The fourth-order valence-corrected chi connectivity index (χ4v) is 3.34. The molecule has 0 spiro atoms. The van der Waals surface area contributed by atoms with Gasteiger partial charge in [-0.05, 0) is 48.6 Å². The quantitative estimate of drug-likeness (QED) is 0.922. The molecule has 0 aliphatic carbocycles. The molecule has 4 nitrogen and oxygen atoms in total. The van der Waals surface area contributed by atoms with Gasteiger partial charge in [0, 0.05) is 11.9 Å². The van der Waals surface area contributed by atoms with Crippen LogP contribution < -0.4 is 4.72 Å². The molecule has 0 bridgehead atoms. The zero-order valence-corrected chi connectivity index (χ0v) is 13.0. The van der Waals surface area contributed by atoms with Gasteiger partial charge in [-0.3, -0.25) is 4.72 Å². The predicted molar refractivity (Wildman–Crippen MR) is 83.4 cm³/mol. The predicted octanol–water partition coefficient (Wildman–Crippen LogP) is 3.05. The average Bonchev–Trinajstić information content (AvgIpc) is 2.39. The first-order valence-corrected chi connectivity index (χ1v) is 8.92. The Morgan fingerprint density at radius 2 is 2.05 bits per heavy atom. The highest BCUT2D eigenvalue weighted by Crippen LogP contribution is 2.18. The summed E-state index contributed by atoms with van der Waals surface area (Å²) in [6.45, 7) is 1.89. The molecule has 2 aromatic rings. The highest BCUT2D eigenvalue weighted by Gasteiger charge is 2.15. The third kappa shape index (κ3) is 3.74. The minimum absolute atomic E-state index is 0.257. The van der Waals surface area contributed by atoms with E-state index in [1.54, 1.807) is 42.2 Å². The number of benzene rings is 1. The Hall–Kier alpha value is -1.53. The molecule has 2 rings (SSSR count). The topological polar surface area (TPSA) is 59.1 Å². The molecular formula is C14H16N2O2S2. The molecule has 0 fully saturated rings. The first kappa shape index (κ1) is 14.9. The van der Waals surface area contributed by atoms with Crippen molar-refractivity contribution in [2.24, 2.45) is 0 Å². The standard InChI is InChI=1S/C14H16N2O2S2/c1-11-6-7-15-14(8-11)16-20(17,18)13-5-3-4-12(9-13)10-19-2/h3-9H,10H2,1-2H3,(H,15,16). The molecule has 106 valence electrons. The zero-order valence-electron chi connectivity index (χ0n) is 11.3. The van der Waals surface area contributed by atoms with E-state index in [-0.39, 0.29) is 4.90 Å². The van der Waals surface area contributed by atoms with Crippen LogP contribution in [-0.2, 0) is 15.8 Å². The normalized spacial score (nSPS) is 11.3. The first-order chi connectivity index (χ1) is 9.51. The number of hydrogen-bond acceptors (Lipinski definition) is 4.